The van der Waals surface area contributed by atoms with E-state index in [-0.39, 0.29) is 41.6 Å². The molecule has 1 fully saturated rings. The summed E-state index contributed by atoms with van der Waals surface area (Å²) in [5.74, 6) is -0.331. The number of nitrogens with one attached hydrogen (secondary N) is 2. The van der Waals surface area contributed by atoms with Crippen molar-refractivity contribution in [2.45, 2.75) is 37.7 Å². The van der Waals surface area contributed by atoms with Gasteiger partial charge < -0.3 is 19.8 Å². The zero-order valence-electron chi connectivity index (χ0n) is 21.7. The first-order chi connectivity index (χ1) is 19.8. The highest BCUT2D eigenvalue weighted by Gasteiger charge is 2.33. The molecule has 0 aliphatic carbocycles. The van der Waals surface area contributed by atoms with E-state index in [2.05, 4.69) is 25.8 Å². The van der Waals surface area contributed by atoms with Gasteiger partial charge in [-0.1, -0.05) is 59.7 Å². The summed E-state index contributed by atoms with van der Waals surface area (Å²) in [5.41, 5.74) is 2.36. The molecule has 2 atom stereocenters. The number of fused-ring (bicyclic) bond motifs is 1. The van der Waals surface area contributed by atoms with E-state index in [0.717, 1.165) is 35.6 Å². The number of rotatable bonds is 7. The molecule has 2 aliphatic rings. The van der Waals surface area contributed by atoms with Crippen LogP contribution >= 0.6 is 0 Å². The highest BCUT2D eigenvalue weighted by Crippen LogP contribution is 2.34. The van der Waals surface area contributed by atoms with Crippen LogP contribution in [-0.4, -0.2) is 52.1 Å². The molecule has 0 spiro atoms. The van der Waals surface area contributed by atoms with Gasteiger partial charge in [-0.25, -0.2) is 4.98 Å². The predicted octanol–water partition coefficient (Wildman–Crippen LogP) is 5.14. The summed E-state index contributed by atoms with van der Waals surface area (Å²) in [5, 5.41) is 13.9. The maximum Gasteiger partial charge on any atom is 0.417 e. The maximum atomic E-state index is 13.4. The Morgan fingerprint density at radius 2 is 1.83 bits per heavy atom. The minimum absolute atomic E-state index is 0.0459. The highest BCUT2D eigenvalue weighted by atomic mass is 19.4. The SMILES string of the molecule is O=C1Cc2ccccc2C(c2ccccc2)=N[C@@H]1Nc1nnc(-c2ncc(C(F)(F)F)cc2NC[C@@H]2CCCO2)o1. The molecular weight excluding hydrogens is 537 g/mol. The number of carbonyl (C=O) groups excluding carboxylic acids is 1. The molecule has 1 saturated heterocycles. The van der Waals surface area contributed by atoms with Gasteiger partial charge in [0.05, 0.1) is 23.1 Å². The van der Waals surface area contributed by atoms with Crippen molar-refractivity contribution in [3.63, 3.8) is 0 Å². The third-order valence-electron chi connectivity index (χ3n) is 6.89. The van der Waals surface area contributed by atoms with Gasteiger partial charge in [0.1, 0.15) is 0 Å². The van der Waals surface area contributed by atoms with Crippen molar-refractivity contribution in [2.75, 3.05) is 23.8 Å². The average molecular weight is 563 g/mol. The van der Waals surface area contributed by atoms with Gasteiger partial charge in [-0.2, -0.15) is 13.2 Å². The van der Waals surface area contributed by atoms with Crippen LogP contribution in [0.1, 0.15) is 35.1 Å². The first kappa shape index (κ1) is 26.6. The lowest BCUT2D eigenvalue weighted by molar-refractivity contribution is -0.137. The fourth-order valence-corrected chi connectivity index (χ4v) is 4.85. The summed E-state index contributed by atoms with van der Waals surface area (Å²) >= 11 is 0. The summed E-state index contributed by atoms with van der Waals surface area (Å²) in [6.45, 7) is 0.904. The van der Waals surface area contributed by atoms with Crippen molar-refractivity contribution in [1.82, 2.24) is 15.2 Å². The number of hydrogen-bond acceptors (Lipinski definition) is 9. The second kappa shape index (κ2) is 11.1. The molecule has 2 N–H and O–H groups in total. The number of nitrogens with zero attached hydrogens (tertiary/aromatic N) is 4. The second-order valence-corrected chi connectivity index (χ2v) is 9.74. The average Bonchev–Trinajstić information content (AvgIpc) is 3.64. The van der Waals surface area contributed by atoms with Crippen LogP contribution in [0.5, 0.6) is 0 Å². The van der Waals surface area contributed by atoms with E-state index in [0.29, 0.717) is 25.1 Å². The smallest absolute Gasteiger partial charge is 0.402 e. The van der Waals surface area contributed by atoms with Crippen LogP contribution in [0.4, 0.5) is 24.9 Å². The third-order valence-corrected chi connectivity index (χ3v) is 6.89. The molecule has 0 radical (unpaired) electrons. The van der Waals surface area contributed by atoms with Crippen LogP contribution in [0.3, 0.4) is 0 Å². The molecule has 9 nitrogen and oxygen atoms in total. The molecule has 2 aromatic heterocycles. The Kier molecular flexibility index (Phi) is 7.23. The molecule has 2 aromatic carbocycles. The molecule has 41 heavy (non-hydrogen) atoms. The zero-order chi connectivity index (χ0) is 28.4. The third kappa shape index (κ3) is 5.82. The van der Waals surface area contributed by atoms with E-state index >= 15 is 0 Å². The lowest BCUT2D eigenvalue weighted by atomic mass is 9.96. The quantitative estimate of drug-likeness (QED) is 0.318. The maximum absolute atomic E-state index is 13.4. The van der Waals surface area contributed by atoms with Crippen molar-refractivity contribution in [3.05, 3.63) is 89.1 Å². The Morgan fingerprint density at radius 1 is 1.02 bits per heavy atom. The van der Waals surface area contributed by atoms with Crippen molar-refractivity contribution in [2.24, 2.45) is 4.99 Å². The number of benzene rings is 2. The summed E-state index contributed by atoms with van der Waals surface area (Å²) in [4.78, 5) is 22.0. The largest absolute Gasteiger partial charge is 0.417 e. The number of hydrogen-bond donors (Lipinski definition) is 2. The van der Waals surface area contributed by atoms with Crippen molar-refractivity contribution in [1.29, 1.82) is 0 Å². The van der Waals surface area contributed by atoms with Gasteiger partial charge in [-0.3, -0.25) is 9.79 Å². The topological polar surface area (TPSA) is 115 Å². The van der Waals surface area contributed by atoms with Gasteiger partial charge in [-0.15, -0.1) is 5.10 Å². The summed E-state index contributed by atoms with van der Waals surface area (Å²) < 4.78 is 51.6. The Balaban J connectivity index is 1.29. The number of aromatic nitrogens is 3. The fraction of sp³-hybridized carbons (Fsp3) is 0.276. The molecule has 4 aromatic rings. The highest BCUT2D eigenvalue weighted by molar-refractivity contribution is 6.16. The van der Waals surface area contributed by atoms with Crippen molar-refractivity contribution < 1.29 is 27.1 Å². The molecule has 2 aliphatic heterocycles. The minimum Gasteiger partial charge on any atom is -0.402 e. The molecule has 0 bridgehead atoms. The van der Waals surface area contributed by atoms with Gasteiger partial charge >= 0.3 is 12.2 Å². The van der Waals surface area contributed by atoms with Crippen LogP contribution in [0, 0.1) is 0 Å². The van der Waals surface area contributed by atoms with Gasteiger partial charge in [-0.05, 0) is 24.5 Å². The van der Waals surface area contributed by atoms with E-state index in [1.54, 1.807) is 0 Å². The monoisotopic (exact) mass is 562 g/mol. The van der Waals surface area contributed by atoms with E-state index in [9.17, 15) is 18.0 Å². The number of Topliss-reactive ketones (excluding diaryl/α,β-unsaturated/α-hetero) is 1. The van der Waals surface area contributed by atoms with E-state index in [4.69, 9.17) is 14.1 Å². The number of anilines is 2. The van der Waals surface area contributed by atoms with Crippen LogP contribution in [-0.2, 0) is 22.1 Å². The summed E-state index contributed by atoms with van der Waals surface area (Å²) in [6, 6.07) is 17.9. The lowest BCUT2D eigenvalue weighted by Crippen LogP contribution is -2.29. The number of alkyl halides is 3. The Morgan fingerprint density at radius 3 is 2.61 bits per heavy atom. The number of halogens is 3. The molecular formula is C29H25F3N6O3. The first-order valence-electron chi connectivity index (χ1n) is 13.1. The van der Waals surface area contributed by atoms with Gasteiger partial charge in [0, 0.05) is 36.9 Å². The Labute approximate surface area is 232 Å². The van der Waals surface area contributed by atoms with Crippen molar-refractivity contribution >= 4 is 23.2 Å². The lowest BCUT2D eigenvalue weighted by Gasteiger charge is -2.15. The van der Waals surface area contributed by atoms with Crippen LogP contribution in [0.15, 0.2) is 76.3 Å². The number of ether oxygens (including phenoxy) is 1. The molecule has 0 amide bonds. The molecule has 0 saturated carbocycles. The number of carbonyl (C=O) groups is 1. The first-order valence-corrected chi connectivity index (χ1v) is 13.1. The van der Waals surface area contributed by atoms with Gasteiger partial charge in [0.25, 0.3) is 5.89 Å². The Bertz CT molecular complexity index is 1580. The van der Waals surface area contributed by atoms with E-state index in [1.165, 1.54) is 0 Å². The number of ketones is 1. The second-order valence-electron chi connectivity index (χ2n) is 9.74. The summed E-state index contributed by atoms with van der Waals surface area (Å²) in [7, 11) is 0. The predicted molar refractivity (Wildman–Crippen MR) is 145 cm³/mol. The van der Waals surface area contributed by atoms with Crippen LogP contribution in [0.2, 0.25) is 0 Å². The van der Waals surface area contributed by atoms with E-state index in [1.807, 2.05) is 54.6 Å². The van der Waals surface area contributed by atoms with Gasteiger partial charge in [0.15, 0.2) is 17.6 Å². The number of pyridine rings is 1. The van der Waals surface area contributed by atoms with Crippen LogP contribution in [0.25, 0.3) is 11.6 Å². The standard InChI is InChI=1S/C29H25F3N6O3/c30-29(31,32)19-14-22(33-16-20-10-6-12-40-20)25(34-15-19)27-37-38-28(41-27)36-26-23(39)13-18-9-4-5-11-21(18)24(35-26)17-7-2-1-3-8-17/h1-5,7-9,11,14-15,20,26,33H,6,10,12-13,16H2,(H,36,38)/t20-,26+/m0/s1. The summed E-state index contributed by atoms with van der Waals surface area (Å²) in [6.07, 6.45) is -3.22. The molecule has 12 heteroatoms. The number of aliphatic imine (C=N–C) groups is 1. The van der Waals surface area contributed by atoms with Crippen molar-refractivity contribution in [3.8, 4) is 11.6 Å². The molecule has 6 rings (SSSR count). The molecule has 210 valence electrons. The fourth-order valence-electron chi connectivity index (χ4n) is 4.85. The van der Waals surface area contributed by atoms with Crippen LogP contribution < -0.4 is 10.6 Å². The zero-order valence-corrected chi connectivity index (χ0v) is 21.7. The van der Waals surface area contributed by atoms with E-state index < -0.39 is 17.9 Å². The molecule has 4 heterocycles. The normalized spacial score (nSPS) is 18.9. The van der Waals surface area contributed by atoms with Gasteiger partial charge in [0.2, 0.25) is 0 Å². The molecule has 0 unspecified atom stereocenters. The minimum atomic E-state index is -4.58. The Hall–Kier alpha value is -4.58.